The number of carbonyl (C=O) groups is 1. The summed E-state index contributed by atoms with van der Waals surface area (Å²) in [5, 5.41) is 0.989. The lowest BCUT2D eigenvalue weighted by Crippen LogP contribution is -2.30. The summed E-state index contributed by atoms with van der Waals surface area (Å²) in [7, 11) is 0. The molecular formula is C15H19N3O3S. The number of ether oxygens (including phenoxy) is 1. The number of pyridine rings is 1. The minimum atomic E-state index is -0.424. The van der Waals surface area contributed by atoms with Crippen LogP contribution in [0.3, 0.4) is 0 Å². The standard InChI is InChI=1S/C15H19N3O3S/c1-5-13(19)21-14-9(2)6-7-18(15(14)20)16-8-12-10(3)17-11(4)22-12/h6-7,16H,5,8H2,1-4H3. The summed E-state index contributed by atoms with van der Waals surface area (Å²) in [6, 6.07) is 1.73. The van der Waals surface area contributed by atoms with Gasteiger partial charge in [0.2, 0.25) is 5.75 Å². The first-order valence-electron chi connectivity index (χ1n) is 7.02. The third-order valence-corrected chi connectivity index (χ3v) is 4.23. The van der Waals surface area contributed by atoms with Gasteiger partial charge >= 0.3 is 11.5 Å². The first-order chi connectivity index (χ1) is 10.4. The minimum absolute atomic E-state index is 0.0686. The van der Waals surface area contributed by atoms with Gasteiger partial charge in [-0.15, -0.1) is 11.3 Å². The Morgan fingerprint density at radius 3 is 2.73 bits per heavy atom. The molecule has 0 unspecified atom stereocenters. The van der Waals surface area contributed by atoms with Crippen molar-refractivity contribution in [2.45, 2.75) is 40.7 Å². The molecule has 0 atom stereocenters. The lowest BCUT2D eigenvalue weighted by molar-refractivity contribution is -0.134. The highest BCUT2D eigenvalue weighted by atomic mass is 32.1. The van der Waals surface area contributed by atoms with E-state index >= 15 is 0 Å². The number of rotatable bonds is 5. The second-order valence-electron chi connectivity index (χ2n) is 4.91. The van der Waals surface area contributed by atoms with E-state index in [0.29, 0.717) is 12.1 Å². The average molecular weight is 321 g/mol. The van der Waals surface area contributed by atoms with Crippen molar-refractivity contribution in [1.29, 1.82) is 0 Å². The molecule has 22 heavy (non-hydrogen) atoms. The molecular weight excluding hydrogens is 302 g/mol. The zero-order valence-electron chi connectivity index (χ0n) is 13.1. The lowest BCUT2D eigenvalue weighted by atomic mass is 10.3. The van der Waals surface area contributed by atoms with E-state index < -0.39 is 5.97 Å². The number of nitrogens with zero attached hydrogens (tertiary/aromatic N) is 2. The van der Waals surface area contributed by atoms with Gasteiger partial charge in [0.25, 0.3) is 0 Å². The molecule has 0 aliphatic carbocycles. The monoisotopic (exact) mass is 321 g/mol. The molecule has 0 bridgehead atoms. The Morgan fingerprint density at radius 2 is 2.14 bits per heavy atom. The zero-order chi connectivity index (χ0) is 16.3. The predicted octanol–water partition coefficient (Wildman–Crippen LogP) is 2.29. The van der Waals surface area contributed by atoms with Gasteiger partial charge in [-0.1, -0.05) is 6.92 Å². The van der Waals surface area contributed by atoms with Crippen LogP contribution in [0.15, 0.2) is 17.1 Å². The van der Waals surface area contributed by atoms with Crippen LogP contribution in [0.2, 0.25) is 0 Å². The summed E-state index contributed by atoms with van der Waals surface area (Å²) in [6.45, 7) is 7.79. The number of nitrogens with one attached hydrogen (secondary N) is 1. The van der Waals surface area contributed by atoms with E-state index in [9.17, 15) is 9.59 Å². The van der Waals surface area contributed by atoms with Crippen molar-refractivity contribution < 1.29 is 9.53 Å². The summed E-state index contributed by atoms with van der Waals surface area (Å²) in [6.07, 6.45) is 1.85. The fourth-order valence-corrected chi connectivity index (χ4v) is 2.81. The van der Waals surface area contributed by atoms with Crippen molar-refractivity contribution in [3.63, 3.8) is 0 Å². The van der Waals surface area contributed by atoms with E-state index in [-0.39, 0.29) is 17.7 Å². The van der Waals surface area contributed by atoms with Gasteiger partial charge in [0.05, 0.1) is 17.2 Å². The van der Waals surface area contributed by atoms with Crippen LogP contribution in [0.4, 0.5) is 0 Å². The molecule has 0 saturated carbocycles. The molecule has 2 aromatic heterocycles. The number of hydrogen-bond acceptors (Lipinski definition) is 6. The van der Waals surface area contributed by atoms with Gasteiger partial charge in [0, 0.05) is 17.5 Å². The Kier molecular flexibility index (Phi) is 4.97. The summed E-state index contributed by atoms with van der Waals surface area (Å²) in [5.41, 5.74) is 4.24. The number of thiazole rings is 1. The molecule has 0 aromatic carbocycles. The number of hydrogen-bond donors (Lipinski definition) is 1. The van der Waals surface area contributed by atoms with E-state index in [1.807, 2.05) is 13.8 Å². The molecule has 6 nitrogen and oxygen atoms in total. The number of esters is 1. The Bertz CT molecular complexity index is 749. The quantitative estimate of drug-likeness (QED) is 0.855. The fraction of sp³-hybridized carbons (Fsp3) is 0.400. The van der Waals surface area contributed by atoms with E-state index in [4.69, 9.17) is 4.74 Å². The average Bonchev–Trinajstić information content (AvgIpc) is 2.80. The Balaban J connectivity index is 2.21. The van der Waals surface area contributed by atoms with Crippen LogP contribution in [0.1, 0.15) is 34.5 Å². The zero-order valence-corrected chi connectivity index (χ0v) is 13.9. The van der Waals surface area contributed by atoms with Crippen molar-refractivity contribution in [1.82, 2.24) is 9.66 Å². The van der Waals surface area contributed by atoms with Gasteiger partial charge in [0.1, 0.15) is 0 Å². The third kappa shape index (κ3) is 3.54. The van der Waals surface area contributed by atoms with Crippen LogP contribution in [-0.4, -0.2) is 15.6 Å². The number of aromatic nitrogens is 2. The molecule has 0 fully saturated rings. The van der Waals surface area contributed by atoms with E-state index in [0.717, 1.165) is 15.6 Å². The fourth-order valence-electron chi connectivity index (χ4n) is 1.94. The number of carbonyl (C=O) groups excluding carboxylic acids is 1. The molecule has 118 valence electrons. The van der Waals surface area contributed by atoms with Gasteiger partial charge in [-0.2, -0.15) is 0 Å². The van der Waals surface area contributed by atoms with Crippen LogP contribution in [0.5, 0.6) is 5.75 Å². The van der Waals surface area contributed by atoms with Crippen LogP contribution in [-0.2, 0) is 11.3 Å². The summed E-state index contributed by atoms with van der Waals surface area (Å²) in [5.74, 6) is -0.356. The molecule has 2 rings (SSSR count). The van der Waals surface area contributed by atoms with E-state index in [2.05, 4.69) is 10.4 Å². The third-order valence-electron chi connectivity index (χ3n) is 3.16. The largest absolute Gasteiger partial charge is 0.420 e. The van der Waals surface area contributed by atoms with Crippen LogP contribution in [0.25, 0.3) is 0 Å². The molecule has 0 spiro atoms. The molecule has 0 amide bonds. The molecule has 2 aromatic rings. The second kappa shape index (κ2) is 6.74. The highest BCUT2D eigenvalue weighted by Gasteiger charge is 2.13. The highest BCUT2D eigenvalue weighted by Crippen LogP contribution is 2.17. The Hall–Kier alpha value is -2.15. The smallest absolute Gasteiger partial charge is 0.312 e. The van der Waals surface area contributed by atoms with Gasteiger partial charge < -0.3 is 10.2 Å². The minimum Gasteiger partial charge on any atom is -0.420 e. The van der Waals surface area contributed by atoms with Crippen molar-refractivity contribution in [2.24, 2.45) is 0 Å². The SMILES string of the molecule is CCC(=O)Oc1c(C)ccn(NCc2sc(C)nc2C)c1=O. The van der Waals surface area contributed by atoms with Gasteiger partial charge in [-0.05, 0) is 32.4 Å². The van der Waals surface area contributed by atoms with Crippen LogP contribution in [0, 0.1) is 20.8 Å². The maximum atomic E-state index is 12.4. The van der Waals surface area contributed by atoms with Gasteiger partial charge in [0.15, 0.2) is 0 Å². The second-order valence-corrected chi connectivity index (χ2v) is 6.19. The highest BCUT2D eigenvalue weighted by molar-refractivity contribution is 7.11. The molecule has 2 heterocycles. The molecule has 7 heteroatoms. The molecule has 0 saturated heterocycles. The predicted molar refractivity (Wildman–Crippen MR) is 86.0 cm³/mol. The van der Waals surface area contributed by atoms with Crippen molar-refractivity contribution in [3.8, 4) is 5.75 Å². The normalized spacial score (nSPS) is 10.5. The van der Waals surface area contributed by atoms with Crippen molar-refractivity contribution in [2.75, 3.05) is 5.43 Å². The molecule has 0 radical (unpaired) electrons. The van der Waals surface area contributed by atoms with E-state index in [1.54, 1.807) is 37.4 Å². The van der Waals surface area contributed by atoms with E-state index in [1.165, 1.54) is 4.68 Å². The van der Waals surface area contributed by atoms with Crippen molar-refractivity contribution >= 4 is 17.3 Å². The Labute approximate surface area is 132 Å². The molecule has 0 aliphatic heterocycles. The number of aryl methyl sites for hydroxylation is 3. The van der Waals surface area contributed by atoms with Crippen LogP contribution >= 0.6 is 11.3 Å². The van der Waals surface area contributed by atoms with Gasteiger partial charge in [-0.25, -0.2) is 9.66 Å². The maximum Gasteiger partial charge on any atom is 0.312 e. The first-order valence-corrected chi connectivity index (χ1v) is 7.83. The summed E-state index contributed by atoms with van der Waals surface area (Å²) < 4.78 is 6.46. The summed E-state index contributed by atoms with van der Waals surface area (Å²) >= 11 is 1.59. The maximum absolute atomic E-state index is 12.4. The Morgan fingerprint density at radius 1 is 1.41 bits per heavy atom. The van der Waals surface area contributed by atoms with Crippen LogP contribution < -0.4 is 15.7 Å². The van der Waals surface area contributed by atoms with Gasteiger partial charge in [-0.3, -0.25) is 9.59 Å². The molecule has 1 N–H and O–H groups in total. The molecule has 0 aliphatic rings. The van der Waals surface area contributed by atoms with Crippen molar-refractivity contribution in [3.05, 3.63) is 43.8 Å². The lowest BCUT2D eigenvalue weighted by Gasteiger charge is -2.12. The first kappa shape index (κ1) is 16.2. The topological polar surface area (TPSA) is 73.2 Å². The summed E-state index contributed by atoms with van der Waals surface area (Å²) in [4.78, 5) is 29.2.